The van der Waals surface area contributed by atoms with Crippen molar-refractivity contribution in [3.63, 3.8) is 0 Å². The minimum Gasteiger partial charge on any atom is -0.340 e. The van der Waals surface area contributed by atoms with Gasteiger partial charge < -0.3 is 10.6 Å². The fourth-order valence-electron chi connectivity index (χ4n) is 2.19. The van der Waals surface area contributed by atoms with Crippen LogP contribution in [-0.4, -0.2) is 53.4 Å². The van der Waals surface area contributed by atoms with Crippen LogP contribution in [0.25, 0.3) is 0 Å². The van der Waals surface area contributed by atoms with Crippen LogP contribution in [0.5, 0.6) is 0 Å². The fourth-order valence-corrected chi connectivity index (χ4v) is 2.19. The summed E-state index contributed by atoms with van der Waals surface area (Å²) in [5, 5.41) is 0. The van der Waals surface area contributed by atoms with E-state index >= 15 is 0 Å². The molecule has 1 aliphatic rings. The molecule has 0 radical (unpaired) electrons. The maximum atomic E-state index is 11.7. The smallest absolute Gasteiger partial charge is 0.223 e. The molecule has 1 aromatic rings. The number of pyridine rings is 1. The van der Waals surface area contributed by atoms with Crippen LogP contribution < -0.4 is 5.73 Å². The summed E-state index contributed by atoms with van der Waals surface area (Å²) < 4.78 is 0. The lowest BCUT2D eigenvalue weighted by Crippen LogP contribution is -2.48. The van der Waals surface area contributed by atoms with E-state index in [0.29, 0.717) is 13.0 Å². The summed E-state index contributed by atoms with van der Waals surface area (Å²) in [5.41, 5.74) is 6.62. The zero-order valence-corrected chi connectivity index (χ0v) is 10.6. The predicted octanol–water partition coefficient (Wildman–Crippen LogP) is 0.0746. The number of carbonyl (C=O) groups is 1. The maximum Gasteiger partial charge on any atom is 0.223 e. The lowest BCUT2D eigenvalue weighted by atomic mass is 10.2. The Balaban J connectivity index is 1.78. The molecule has 0 atom stereocenters. The van der Waals surface area contributed by atoms with Gasteiger partial charge in [0.2, 0.25) is 5.91 Å². The van der Waals surface area contributed by atoms with Gasteiger partial charge in [0.05, 0.1) is 0 Å². The van der Waals surface area contributed by atoms with Crippen LogP contribution in [0.4, 0.5) is 0 Å². The van der Waals surface area contributed by atoms with Gasteiger partial charge in [-0.05, 0) is 11.6 Å². The van der Waals surface area contributed by atoms with Crippen LogP contribution in [-0.2, 0) is 11.3 Å². The molecule has 1 saturated heterocycles. The molecular formula is C13H20N4O. The first-order valence-electron chi connectivity index (χ1n) is 6.38. The van der Waals surface area contributed by atoms with Crippen molar-refractivity contribution < 1.29 is 4.79 Å². The Labute approximate surface area is 108 Å². The number of nitrogens with zero attached hydrogens (tertiary/aromatic N) is 3. The highest BCUT2D eigenvalue weighted by Crippen LogP contribution is 2.08. The van der Waals surface area contributed by atoms with Crippen LogP contribution in [0.1, 0.15) is 12.0 Å². The highest BCUT2D eigenvalue weighted by atomic mass is 16.2. The molecule has 18 heavy (non-hydrogen) atoms. The molecule has 0 spiro atoms. The minimum absolute atomic E-state index is 0.179. The molecule has 0 bridgehead atoms. The van der Waals surface area contributed by atoms with Crippen molar-refractivity contribution >= 4 is 5.91 Å². The van der Waals surface area contributed by atoms with Crippen molar-refractivity contribution in [3.05, 3.63) is 30.1 Å². The van der Waals surface area contributed by atoms with E-state index in [1.807, 2.05) is 17.2 Å². The number of hydrogen-bond acceptors (Lipinski definition) is 4. The fraction of sp³-hybridized carbons (Fsp3) is 0.538. The number of rotatable bonds is 4. The summed E-state index contributed by atoms with van der Waals surface area (Å²) >= 11 is 0. The average Bonchev–Trinajstić information content (AvgIpc) is 2.41. The van der Waals surface area contributed by atoms with Gasteiger partial charge >= 0.3 is 0 Å². The highest BCUT2D eigenvalue weighted by molar-refractivity contribution is 5.76. The summed E-state index contributed by atoms with van der Waals surface area (Å²) in [4.78, 5) is 20.1. The zero-order valence-electron chi connectivity index (χ0n) is 10.6. The molecule has 1 fully saturated rings. The summed E-state index contributed by atoms with van der Waals surface area (Å²) in [6, 6.07) is 4.04. The number of nitrogens with two attached hydrogens (primary N) is 1. The molecular weight excluding hydrogens is 228 g/mol. The van der Waals surface area contributed by atoms with Crippen LogP contribution in [0.3, 0.4) is 0 Å². The molecule has 1 amide bonds. The Hall–Kier alpha value is -1.46. The van der Waals surface area contributed by atoms with Gasteiger partial charge in [0.1, 0.15) is 0 Å². The SMILES string of the molecule is NCCC(=O)N1CCN(Cc2cccnc2)CC1. The predicted molar refractivity (Wildman–Crippen MR) is 69.8 cm³/mol. The molecule has 0 aromatic carbocycles. The quantitative estimate of drug-likeness (QED) is 0.819. The van der Waals surface area contributed by atoms with Crippen molar-refractivity contribution in [2.24, 2.45) is 5.73 Å². The van der Waals surface area contributed by atoms with E-state index in [1.165, 1.54) is 5.56 Å². The molecule has 0 saturated carbocycles. The molecule has 5 nitrogen and oxygen atoms in total. The molecule has 5 heteroatoms. The molecule has 1 aromatic heterocycles. The second-order valence-corrected chi connectivity index (χ2v) is 4.56. The third-order valence-corrected chi connectivity index (χ3v) is 3.21. The lowest BCUT2D eigenvalue weighted by Gasteiger charge is -2.34. The Morgan fingerprint density at radius 2 is 2.11 bits per heavy atom. The maximum absolute atomic E-state index is 11.7. The van der Waals surface area contributed by atoms with Crippen LogP contribution in [0.15, 0.2) is 24.5 Å². The molecule has 2 rings (SSSR count). The topological polar surface area (TPSA) is 62.5 Å². The van der Waals surface area contributed by atoms with Gasteiger partial charge in [-0.25, -0.2) is 0 Å². The van der Waals surface area contributed by atoms with Crippen molar-refractivity contribution in [1.82, 2.24) is 14.8 Å². The van der Waals surface area contributed by atoms with E-state index in [1.54, 1.807) is 6.20 Å². The van der Waals surface area contributed by atoms with Gasteiger partial charge in [0.15, 0.2) is 0 Å². The third kappa shape index (κ3) is 3.51. The van der Waals surface area contributed by atoms with Gasteiger partial charge in [-0.15, -0.1) is 0 Å². The standard InChI is InChI=1S/C13H20N4O/c14-4-3-13(18)17-8-6-16(7-9-17)11-12-2-1-5-15-10-12/h1-2,5,10H,3-4,6-9,11,14H2. The second-order valence-electron chi connectivity index (χ2n) is 4.56. The van der Waals surface area contributed by atoms with E-state index in [0.717, 1.165) is 32.7 Å². The van der Waals surface area contributed by atoms with Gasteiger partial charge in [-0.1, -0.05) is 6.07 Å². The van der Waals surface area contributed by atoms with Gasteiger partial charge in [-0.2, -0.15) is 0 Å². The molecule has 2 N–H and O–H groups in total. The monoisotopic (exact) mass is 248 g/mol. The van der Waals surface area contributed by atoms with Crippen molar-refractivity contribution in [1.29, 1.82) is 0 Å². The Morgan fingerprint density at radius 1 is 1.33 bits per heavy atom. The van der Waals surface area contributed by atoms with Gasteiger partial charge in [0, 0.05) is 58.1 Å². The van der Waals surface area contributed by atoms with E-state index in [4.69, 9.17) is 5.73 Å². The summed E-state index contributed by atoms with van der Waals surface area (Å²) in [7, 11) is 0. The number of hydrogen-bond donors (Lipinski definition) is 1. The number of amides is 1. The Bertz CT molecular complexity index is 374. The van der Waals surface area contributed by atoms with E-state index in [9.17, 15) is 4.79 Å². The lowest BCUT2D eigenvalue weighted by molar-refractivity contribution is -0.132. The van der Waals surface area contributed by atoms with Crippen molar-refractivity contribution in [2.45, 2.75) is 13.0 Å². The molecule has 1 aliphatic heterocycles. The second kappa shape index (κ2) is 6.47. The highest BCUT2D eigenvalue weighted by Gasteiger charge is 2.20. The molecule has 2 heterocycles. The summed E-state index contributed by atoms with van der Waals surface area (Å²) in [5.74, 6) is 0.179. The van der Waals surface area contributed by atoms with Crippen molar-refractivity contribution in [2.75, 3.05) is 32.7 Å². The van der Waals surface area contributed by atoms with E-state index in [-0.39, 0.29) is 5.91 Å². The number of carbonyl (C=O) groups excluding carboxylic acids is 1. The number of piperazine rings is 1. The first kappa shape index (κ1) is 13.0. The molecule has 98 valence electrons. The van der Waals surface area contributed by atoms with Crippen LogP contribution in [0.2, 0.25) is 0 Å². The zero-order chi connectivity index (χ0) is 12.8. The molecule has 0 unspecified atom stereocenters. The van der Waals surface area contributed by atoms with E-state index in [2.05, 4.69) is 16.0 Å². The van der Waals surface area contributed by atoms with Crippen LogP contribution >= 0.6 is 0 Å². The normalized spacial score (nSPS) is 16.8. The first-order valence-corrected chi connectivity index (χ1v) is 6.38. The molecule has 0 aliphatic carbocycles. The Kier molecular flexibility index (Phi) is 4.66. The third-order valence-electron chi connectivity index (χ3n) is 3.21. The summed E-state index contributed by atoms with van der Waals surface area (Å²) in [6.07, 6.45) is 4.14. The van der Waals surface area contributed by atoms with Gasteiger partial charge in [0.25, 0.3) is 0 Å². The van der Waals surface area contributed by atoms with Crippen molar-refractivity contribution in [3.8, 4) is 0 Å². The van der Waals surface area contributed by atoms with Gasteiger partial charge in [-0.3, -0.25) is 14.7 Å². The number of aromatic nitrogens is 1. The summed E-state index contributed by atoms with van der Waals surface area (Å²) in [6.45, 7) is 4.80. The first-order chi connectivity index (χ1) is 8.79. The Morgan fingerprint density at radius 3 is 2.72 bits per heavy atom. The largest absolute Gasteiger partial charge is 0.340 e. The average molecular weight is 248 g/mol. The minimum atomic E-state index is 0.179. The van der Waals surface area contributed by atoms with E-state index < -0.39 is 0 Å². The van der Waals surface area contributed by atoms with Crippen LogP contribution in [0, 0.1) is 0 Å².